The Hall–Kier alpha value is -2.11. The summed E-state index contributed by atoms with van der Waals surface area (Å²) in [5, 5.41) is 3.14. The van der Waals surface area contributed by atoms with E-state index in [0.29, 0.717) is 17.9 Å². The van der Waals surface area contributed by atoms with Gasteiger partial charge in [0.1, 0.15) is 5.82 Å². The molecular formula is C18H14Cl2FNO3. The topological polar surface area (TPSA) is 55.4 Å². The fourth-order valence-corrected chi connectivity index (χ4v) is 2.89. The van der Waals surface area contributed by atoms with Crippen LogP contribution in [-0.4, -0.2) is 18.5 Å². The van der Waals surface area contributed by atoms with Gasteiger partial charge in [-0.2, -0.15) is 0 Å². The van der Waals surface area contributed by atoms with Crippen molar-refractivity contribution in [2.45, 2.75) is 18.3 Å². The maximum absolute atomic E-state index is 13.0. The van der Waals surface area contributed by atoms with Crippen LogP contribution in [0.2, 0.25) is 10.0 Å². The quantitative estimate of drug-likeness (QED) is 0.783. The fraction of sp³-hybridized carbons (Fsp3) is 0.222. The van der Waals surface area contributed by atoms with E-state index in [9.17, 15) is 14.0 Å². The second-order valence-electron chi connectivity index (χ2n) is 5.84. The first-order valence-corrected chi connectivity index (χ1v) is 8.34. The van der Waals surface area contributed by atoms with Crippen LogP contribution in [0.15, 0.2) is 42.5 Å². The van der Waals surface area contributed by atoms with Crippen LogP contribution in [0.4, 0.5) is 10.1 Å². The van der Waals surface area contributed by atoms with Crippen LogP contribution in [0.1, 0.15) is 18.4 Å². The Bertz CT molecular complexity index is 820. The minimum Gasteiger partial charge on any atom is -0.455 e. The molecule has 1 aliphatic rings. The summed E-state index contributed by atoms with van der Waals surface area (Å²) in [7, 11) is 0. The van der Waals surface area contributed by atoms with Gasteiger partial charge in [-0.1, -0.05) is 35.3 Å². The van der Waals surface area contributed by atoms with E-state index in [1.54, 1.807) is 24.3 Å². The van der Waals surface area contributed by atoms with Crippen molar-refractivity contribution in [1.29, 1.82) is 0 Å². The Labute approximate surface area is 153 Å². The van der Waals surface area contributed by atoms with Gasteiger partial charge in [-0.25, -0.2) is 4.39 Å². The molecule has 2 aromatic carbocycles. The van der Waals surface area contributed by atoms with Crippen molar-refractivity contribution in [2.75, 3.05) is 11.9 Å². The molecule has 130 valence electrons. The molecular weight excluding hydrogens is 368 g/mol. The van der Waals surface area contributed by atoms with E-state index in [2.05, 4.69) is 5.32 Å². The zero-order valence-corrected chi connectivity index (χ0v) is 14.5. The van der Waals surface area contributed by atoms with Gasteiger partial charge in [0, 0.05) is 5.02 Å². The van der Waals surface area contributed by atoms with Gasteiger partial charge in [0.2, 0.25) is 0 Å². The SMILES string of the molecule is O=C(COC(=O)C1(c2ccc(Cl)cc2)CC1)Nc1ccc(F)cc1Cl. The summed E-state index contributed by atoms with van der Waals surface area (Å²) >= 11 is 11.7. The Morgan fingerprint density at radius 2 is 1.80 bits per heavy atom. The van der Waals surface area contributed by atoms with Crippen molar-refractivity contribution in [1.82, 2.24) is 0 Å². The average Bonchev–Trinajstić information content (AvgIpc) is 3.38. The lowest BCUT2D eigenvalue weighted by Crippen LogP contribution is -2.28. The molecule has 3 rings (SSSR count). The van der Waals surface area contributed by atoms with E-state index in [4.69, 9.17) is 27.9 Å². The van der Waals surface area contributed by atoms with Gasteiger partial charge in [0.25, 0.3) is 5.91 Å². The van der Waals surface area contributed by atoms with Crippen LogP contribution in [0.5, 0.6) is 0 Å². The molecule has 1 aliphatic carbocycles. The summed E-state index contributed by atoms with van der Waals surface area (Å²) in [5.41, 5.74) is 0.380. The zero-order valence-electron chi connectivity index (χ0n) is 13.0. The lowest BCUT2D eigenvalue weighted by molar-refractivity contribution is -0.150. The maximum atomic E-state index is 13.0. The monoisotopic (exact) mass is 381 g/mol. The summed E-state index contributed by atoms with van der Waals surface area (Å²) < 4.78 is 18.1. The number of anilines is 1. The highest BCUT2D eigenvalue weighted by Gasteiger charge is 2.52. The number of halogens is 3. The van der Waals surface area contributed by atoms with E-state index in [-0.39, 0.29) is 10.7 Å². The lowest BCUT2D eigenvalue weighted by Gasteiger charge is -2.15. The second-order valence-corrected chi connectivity index (χ2v) is 6.68. The third-order valence-electron chi connectivity index (χ3n) is 4.08. The molecule has 0 radical (unpaired) electrons. The highest BCUT2D eigenvalue weighted by Crippen LogP contribution is 2.49. The number of benzene rings is 2. The molecule has 0 unspecified atom stereocenters. The summed E-state index contributed by atoms with van der Waals surface area (Å²) in [5.74, 6) is -1.50. The van der Waals surface area contributed by atoms with Gasteiger partial charge in [-0.15, -0.1) is 0 Å². The standard InChI is InChI=1S/C18H14Cl2FNO3/c19-12-3-1-11(2-4-12)18(7-8-18)17(24)25-10-16(23)22-15-6-5-13(21)9-14(15)20/h1-6,9H,7-8,10H2,(H,22,23). The summed E-state index contributed by atoms with van der Waals surface area (Å²) in [6.45, 7) is -0.443. The molecule has 1 fully saturated rings. The van der Waals surface area contributed by atoms with Crippen LogP contribution in [0, 0.1) is 5.82 Å². The number of esters is 1. The van der Waals surface area contributed by atoms with E-state index in [1.165, 1.54) is 12.1 Å². The van der Waals surface area contributed by atoms with Gasteiger partial charge >= 0.3 is 5.97 Å². The number of amides is 1. The van der Waals surface area contributed by atoms with Gasteiger partial charge in [-0.05, 0) is 48.7 Å². The Morgan fingerprint density at radius 1 is 1.12 bits per heavy atom. The molecule has 7 heteroatoms. The number of rotatable bonds is 5. The number of carbonyl (C=O) groups is 2. The Balaban J connectivity index is 1.58. The molecule has 25 heavy (non-hydrogen) atoms. The Kier molecular flexibility index (Phi) is 4.97. The van der Waals surface area contributed by atoms with Crippen molar-refractivity contribution < 1.29 is 18.7 Å². The van der Waals surface area contributed by atoms with Crippen molar-refractivity contribution in [3.05, 3.63) is 63.9 Å². The summed E-state index contributed by atoms with van der Waals surface area (Å²) in [6.07, 6.45) is 1.33. The minimum absolute atomic E-state index is 0.0690. The lowest BCUT2D eigenvalue weighted by atomic mass is 9.96. The van der Waals surface area contributed by atoms with E-state index < -0.39 is 29.7 Å². The Morgan fingerprint density at radius 3 is 2.40 bits per heavy atom. The highest BCUT2D eigenvalue weighted by atomic mass is 35.5. The molecule has 0 heterocycles. The minimum atomic E-state index is -0.696. The normalized spacial score (nSPS) is 14.7. The molecule has 0 bridgehead atoms. The number of nitrogens with one attached hydrogen (secondary N) is 1. The third-order valence-corrected chi connectivity index (χ3v) is 4.64. The van der Waals surface area contributed by atoms with Gasteiger partial charge in [0.15, 0.2) is 6.61 Å². The largest absolute Gasteiger partial charge is 0.455 e. The maximum Gasteiger partial charge on any atom is 0.317 e. The molecule has 4 nitrogen and oxygen atoms in total. The highest BCUT2D eigenvalue weighted by molar-refractivity contribution is 6.33. The molecule has 1 amide bonds. The van der Waals surface area contributed by atoms with Gasteiger partial charge in [-0.3, -0.25) is 9.59 Å². The smallest absolute Gasteiger partial charge is 0.317 e. The molecule has 0 aliphatic heterocycles. The molecule has 1 N–H and O–H groups in total. The number of hydrogen-bond donors (Lipinski definition) is 1. The van der Waals surface area contributed by atoms with E-state index >= 15 is 0 Å². The number of hydrogen-bond acceptors (Lipinski definition) is 3. The van der Waals surface area contributed by atoms with Crippen molar-refractivity contribution in [2.24, 2.45) is 0 Å². The van der Waals surface area contributed by atoms with E-state index in [1.807, 2.05) is 0 Å². The molecule has 2 aromatic rings. The second kappa shape index (κ2) is 7.02. The fourth-order valence-electron chi connectivity index (χ4n) is 2.55. The van der Waals surface area contributed by atoms with Crippen LogP contribution >= 0.6 is 23.2 Å². The number of ether oxygens (including phenoxy) is 1. The van der Waals surface area contributed by atoms with Crippen LogP contribution in [-0.2, 0) is 19.7 Å². The molecule has 0 saturated heterocycles. The van der Waals surface area contributed by atoms with Crippen LogP contribution in [0.3, 0.4) is 0 Å². The van der Waals surface area contributed by atoms with Crippen molar-refractivity contribution in [3.8, 4) is 0 Å². The summed E-state index contributed by atoms with van der Waals surface area (Å²) in [4.78, 5) is 24.3. The predicted molar refractivity (Wildman–Crippen MR) is 93.4 cm³/mol. The summed E-state index contributed by atoms with van der Waals surface area (Å²) in [6, 6.07) is 10.6. The first kappa shape index (κ1) is 17.7. The number of carbonyl (C=O) groups excluding carboxylic acids is 2. The molecule has 0 spiro atoms. The van der Waals surface area contributed by atoms with Gasteiger partial charge in [0.05, 0.1) is 16.1 Å². The molecule has 1 saturated carbocycles. The van der Waals surface area contributed by atoms with Gasteiger partial charge < -0.3 is 10.1 Å². The average molecular weight is 382 g/mol. The third kappa shape index (κ3) is 3.94. The molecule has 0 atom stereocenters. The first-order chi connectivity index (χ1) is 11.9. The predicted octanol–water partition coefficient (Wildman–Crippen LogP) is 4.35. The zero-order chi connectivity index (χ0) is 18.0. The first-order valence-electron chi connectivity index (χ1n) is 7.59. The van der Waals surface area contributed by atoms with Crippen molar-refractivity contribution >= 4 is 40.8 Å². The molecule has 0 aromatic heterocycles. The van der Waals surface area contributed by atoms with Crippen LogP contribution in [0.25, 0.3) is 0 Å². The van der Waals surface area contributed by atoms with Crippen molar-refractivity contribution in [3.63, 3.8) is 0 Å². The van der Waals surface area contributed by atoms with Crippen LogP contribution < -0.4 is 5.32 Å². The van der Waals surface area contributed by atoms with E-state index in [0.717, 1.165) is 11.6 Å².